The zero-order valence-electron chi connectivity index (χ0n) is 21.0. The molecule has 2 amide bonds. The number of halogens is 3. The highest BCUT2D eigenvalue weighted by Crippen LogP contribution is 2.42. The van der Waals surface area contributed by atoms with Crippen molar-refractivity contribution in [3.63, 3.8) is 0 Å². The van der Waals surface area contributed by atoms with Crippen molar-refractivity contribution in [3.05, 3.63) is 94.9 Å². The molecule has 0 unspecified atom stereocenters. The largest absolute Gasteiger partial charge is 0.416 e. The van der Waals surface area contributed by atoms with Crippen LogP contribution in [0.3, 0.4) is 0 Å². The van der Waals surface area contributed by atoms with Crippen LogP contribution in [0.25, 0.3) is 21.2 Å². The van der Waals surface area contributed by atoms with Crippen LogP contribution in [0.15, 0.2) is 78.9 Å². The van der Waals surface area contributed by atoms with Crippen LogP contribution in [0, 0.1) is 0 Å². The van der Waals surface area contributed by atoms with E-state index >= 15 is 0 Å². The Labute approximate surface area is 228 Å². The highest BCUT2D eigenvalue weighted by Gasteiger charge is 2.39. The maximum atomic E-state index is 13.6. The van der Waals surface area contributed by atoms with Gasteiger partial charge in [0.2, 0.25) is 0 Å². The SMILES string of the molecule is O=C(c1ccccc1)N1CCN(C2CN(C(=O)c3sc4cc(C(F)(F)F)ccc4c3-c3ccccc3)C2)CC1. The lowest BCUT2D eigenvalue weighted by atomic mass is 9.99. The number of rotatable bonds is 4. The number of piperazine rings is 1. The predicted octanol–water partition coefficient (Wildman–Crippen LogP) is 5.87. The van der Waals surface area contributed by atoms with Crippen LogP contribution in [0.1, 0.15) is 25.6 Å². The van der Waals surface area contributed by atoms with Crippen molar-refractivity contribution in [2.75, 3.05) is 39.3 Å². The molecule has 0 radical (unpaired) electrons. The molecule has 0 bridgehead atoms. The molecule has 0 saturated carbocycles. The van der Waals surface area contributed by atoms with Gasteiger partial charge in [0.15, 0.2) is 0 Å². The minimum atomic E-state index is -4.45. The zero-order valence-corrected chi connectivity index (χ0v) is 21.8. The predicted molar refractivity (Wildman–Crippen MR) is 146 cm³/mol. The zero-order chi connectivity index (χ0) is 27.1. The first kappa shape index (κ1) is 25.6. The van der Waals surface area contributed by atoms with Gasteiger partial charge in [-0.1, -0.05) is 54.6 Å². The molecule has 3 heterocycles. The molecular formula is C30H26F3N3O2S. The summed E-state index contributed by atoms with van der Waals surface area (Å²) in [6.45, 7) is 3.86. The second-order valence-corrected chi connectivity index (χ2v) is 11.0. The number of nitrogens with zero attached hydrogens (tertiary/aromatic N) is 3. The number of thiophene rings is 1. The van der Waals surface area contributed by atoms with Gasteiger partial charge in [-0.25, -0.2) is 0 Å². The van der Waals surface area contributed by atoms with E-state index in [1.54, 1.807) is 4.90 Å². The summed E-state index contributed by atoms with van der Waals surface area (Å²) in [5.74, 6) is -0.120. The van der Waals surface area contributed by atoms with E-state index in [1.807, 2.05) is 65.6 Å². The standard InChI is InChI=1S/C30H26F3N3O2S/c31-30(32,33)22-11-12-24-25(17-22)39-27(26(24)20-7-3-1-4-8-20)29(38)36-18-23(19-36)34-13-15-35(16-14-34)28(37)21-9-5-2-6-10-21/h1-12,17,23H,13-16,18-19H2. The van der Waals surface area contributed by atoms with E-state index in [9.17, 15) is 22.8 Å². The Morgan fingerprint density at radius 2 is 1.41 bits per heavy atom. The van der Waals surface area contributed by atoms with Gasteiger partial charge in [0.25, 0.3) is 11.8 Å². The molecule has 5 nitrogen and oxygen atoms in total. The molecule has 2 aliphatic heterocycles. The van der Waals surface area contributed by atoms with Crippen molar-refractivity contribution in [2.24, 2.45) is 0 Å². The number of benzene rings is 3. The van der Waals surface area contributed by atoms with E-state index in [-0.39, 0.29) is 17.9 Å². The molecule has 39 heavy (non-hydrogen) atoms. The molecule has 1 aromatic heterocycles. The second-order valence-electron chi connectivity index (χ2n) is 9.94. The highest BCUT2D eigenvalue weighted by atomic mass is 32.1. The maximum absolute atomic E-state index is 13.6. The summed E-state index contributed by atoms with van der Waals surface area (Å²) < 4.78 is 40.6. The number of likely N-dealkylation sites (tertiary alicyclic amines) is 1. The molecule has 2 saturated heterocycles. The average Bonchev–Trinajstić information content (AvgIpc) is 3.32. The number of amides is 2. The summed E-state index contributed by atoms with van der Waals surface area (Å²) in [6, 6.07) is 22.5. The monoisotopic (exact) mass is 549 g/mol. The Bertz CT molecular complexity index is 1510. The van der Waals surface area contributed by atoms with E-state index < -0.39 is 11.7 Å². The topological polar surface area (TPSA) is 43.9 Å². The summed E-state index contributed by atoms with van der Waals surface area (Å²) in [7, 11) is 0. The molecule has 9 heteroatoms. The molecule has 0 aliphatic carbocycles. The molecule has 0 N–H and O–H groups in total. The van der Waals surface area contributed by atoms with Crippen molar-refractivity contribution in [3.8, 4) is 11.1 Å². The van der Waals surface area contributed by atoms with E-state index in [4.69, 9.17) is 0 Å². The van der Waals surface area contributed by atoms with Crippen molar-refractivity contribution in [1.29, 1.82) is 0 Å². The van der Waals surface area contributed by atoms with Gasteiger partial charge in [-0.05, 0) is 29.8 Å². The summed E-state index contributed by atoms with van der Waals surface area (Å²) in [5, 5.41) is 0.652. The van der Waals surface area contributed by atoms with Crippen LogP contribution in [0.2, 0.25) is 0 Å². The van der Waals surface area contributed by atoms with Crippen LogP contribution in [-0.4, -0.2) is 71.8 Å². The van der Waals surface area contributed by atoms with E-state index in [2.05, 4.69) is 4.90 Å². The second kappa shape index (κ2) is 10.1. The molecule has 6 rings (SSSR count). The van der Waals surface area contributed by atoms with Gasteiger partial charge in [0.1, 0.15) is 4.88 Å². The lowest BCUT2D eigenvalue weighted by Crippen LogP contribution is -2.64. The number of carbonyl (C=O) groups excluding carboxylic acids is 2. The van der Waals surface area contributed by atoms with Gasteiger partial charge < -0.3 is 9.80 Å². The summed E-state index contributed by atoms with van der Waals surface area (Å²) in [4.78, 5) is 32.8. The van der Waals surface area contributed by atoms with Gasteiger partial charge in [0.05, 0.1) is 5.56 Å². The third-order valence-corrected chi connectivity index (χ3v) is 8.70. The Kier molecular flexibility index (Phi) is 6.64. The molecule has 200 valence electrons. The summed E-state index contributed by atoms with van der Waals surface area (Å²) in [5.41, 5.74) is 1.46. The first-order chi connectivity index (χ1) is 18.8. The van der Waals surface area contributed by atoms with E-state index in [0.717, 1.165) is 42.1 Å². The van der Waals surface area contributed by atoms with Gasteiger partial charge >= 0.3 is 6.18 Å². The fourth-order valence-electron chi connectivity index (χ4n) is 5.36. The molecule has 3 aromatic carbocycles. The van der Waals surface area contributed by atoms with Crippen molar-refractivity contribution >= 4 is 33.2 Å². The smallest absolute Gasteiger partial charge is 0.336 e. The number of hydrogen-bond acceptors (Lipinski definition) is 4. The lowest BCUT2D eigenvalue weighted by Gasteiger charge is -2.48. The first-order valence-electron chi connectivity index (χ1n) is 12.9. The highest BCUT2D eigenvalue weighted by molar-refractivity contribution is 7.21. The molecule has 0 atom stereocenters. The molecule has 4 aromatic rings. The fourth-order valence-corrected chi connectivity index (χ4v) is 6.60. The van der Waals surface area contributed by atoms with Gasteiger partial charge in [0, 0.05) is 66.5 Å². The number of fused-ring (bicyclic) bond motifs is 1. The maximum Gasteiger partial charge on any atom is 0.416 e. The molecule has 0 spiro atoms. The van der Waals surface area contributed by atoms with Crippen LogP contribution in [0.4, 0.5) is 13.2 Å². The lowest BCUT2D eigenvalue weighted by molar-refractivity contribution is -0.137. The van der Waals surface area contributed by atoms with Gasteiger partial charge in [-0.15, -0.1) is 11.3 Å². The summed E-state index contributed by atoms with van der Waals surface area (Å²) in [6.07, 6.45) is -4.45. The third-order valence-electron chi connectivity index (χ3n) is 7.56. The first-order valence-corrected chi connectivity index (χ1v) is 13.7. The Balaban J connectivity index is 1.16. The van der Waals surface area contributed by atoms with Crippen LogP contribution < -0.4 is 0 Å². The number of alkyl halides is 3. The average molecular weight is 550 g/mol. The number of carbonyl (C=O) groups is 2. The Morgan fingerprint density at radius 1 is 0.769 bits per heavy atom. The normalized spacial score (nSPS) is 16.9. The quantitative estimate of drug-likeness (QED) is 0.320. The van der Waals surface area contributed by atoms with Crippen LogP contribution in [0.5, 0.6) is 0 Å². The van der Waals surface area contributed by atoms with E-state index in [0.29, 0.717) is 52.3 Å². The minimum absolute atomic E-state index is 0.0348. The van der Waals surface area contributed by atoms with Crippen LogP contribution >= 0.6 is 11.3 Å². The van der Waals surface area contributed by atoms with Crippen LogP contribution in [-0.2, 0) is 6.18 Å². The third kappa shape index (κ3) is 4.92. The van der Waals surface area contributed by atoms with Gasteiger partial charge in [-0.3, -0.25) is 14.5 Å². The van der Waals surface area contributed by atoms with Crippen molar-refractivity contribution in [1.82, 2.24) is 14.7 Å². The minimum Gasteiger partial charge on any atom is -0.336 e. The molecule has 2 fully saturated rings. The number of hydrogen-bond donors (Lipinski definition) is 0. The van der Waals surface area contributed by atoms with Crippen molar-refractivity contribution < 1.29 is 22.8 Å². The van der Waals surface area contributed by atoms with E-state index in [1.165, 1.54) is 6.07 Å². The molecule has 2 aliphatic rings. The Morgan fingerprint density at radius 3 is 2.05 bits per heavy atom. The summed E-state index contributed by atoms with van der Waals surface area (Å²) >= 11 is 1.12. The van der Waals surface area contributed by atoms with Crippen molar-refractivity contribution in [2.45, 2.75) is 12.2 Å². The van der Waals surface area contributed by atoms with Gasteiger partial charge in [-0.2, -0.15) is 13.2 Å². The Hall–Kier alpha value is -3.69. The fraction of sp³-hybridized carbons (Fsp3) is 0.267. The molecular weight excluding hydrogens is 523 g/mol.